The van der Waals surface area contributed by atoms with Crippen molar-refractivity contribution < 1.29 is 14.0 Å². The Morgan fingerprint density at radius 3 is 2.38 bits per heavy atom. The van der Waals surface area contributed by atoms with Crippen LogP contribution in [0.15, 0.2) is 61.2 Å². The minimum absolute atomic E-state index is 0.226. The zero-order chi connectivity index (χ0) is 18.5. The van der Waals surface area contributed by atoms with Crippen molar-refractivity contribution in [1.82, 2.24) is 14.8 Å². The Balaban J connectivity index is 1.61. The number of benzene rings is 2. The lowest BCUT2D eigenvalue weighted by Crippen LogP contribution is -2.24. The molecule has 2 N–H and O–H groups in total. The minimum atomic E-state index is -0.509. The topological polar surface area (TPSA) is 88.9 Å². The first kappa shape index (κ1) is 17.3. The molecule has 2 amide bonds. The summed E-state index contributed by atoms with van der Waals surface area (Å²) in [6.45, 7) is 1.71. The number of rotatable bonds is 5. The standard InChI is InChI=1S/C18H16FN5O2/c1-12(24-11-20-10-21-24)17(25)22-15-5-7-16(8-6-15)23-18(26)13-3-2-4-14(19)9-13/h2-12H,1H3,(H,22,25)(H,23,26). The molecule has 0 bridgehead atoms. The molecule has 0 aliphatic heterocycles. The first-order valence-corrected chi connectivity index (χ1v) is 7.85. The molecule has 0 spiro atoms. The SMILES string of the molecule is CC(C(=O)Nc1ccc(NC(=O)c2cccc(F)c2)cc1)n1cncn1. The number of nitrogens with zero attached hydrogens (tertiary/aromatic N) is 3. The van der Waals surface area contributed by atoms with E-state index in [4.69, 9.17) is 0 Å². The van der Waals surface area contributed by atoms with Crippen LogP contribution in [0.4, 0.5) is 15.8 Å². The molecule has 2 aromatic carbocycles. The van der Waals surface area contributed by atoms with Gasteiger partial charge in [-0.15, -0.1) is 0 Å². The number of carbonyl (C=O) groups excluding carboxylic acids is 2. The summed E-state index contributed by atoms with van der Waals surface area (Å²) in [6.07, 6.45) is 2.83. The Hall–Kier alpha value is -3.55. The lowest BCUT2D eigenvalue weighted by Gasteiger charge is -2.12. The number of hydrogen-bond donors (Lipinski definition) is 2. The summed E-state index contributed by atoms with van der Waals surface area (Å²) in [5.41, 5.74) is 1.33. The van der Waals surface area contributed by atoms with E-state index in [0.29, 0.717) is 11.4 Å². The van der Waals surface area contributed by atoms with Gasteiger partial charge in [-0.2, -0.15) is 5.10 Å². The molecule has 0 saturated heterocycles. The fourth-order valence-corrected chi connectivity index (χ4v) is 2.25. The van der Waals surface area contributed by atoms with E-state index in [-0.39, 0.29) is 11.5 Å². The molecule has 8 heteroatoms. The molecule has 0 aliphatic carbocycles. The normalized spacial score (nSPS) is 11.6. The van der Waals surface area contributed by atoms with Crippen LogP contribution in [0, 0.1) is 5.82 Å². The molecule has 0 aliphatic rings. The number of hydrogen-bond acceptors (Lipinski definition) is 4. The molecule has 3 aromatic rings. The number of halogens is 1. The summed E-state index contributed by atoms with van der Waals surface area (Å²) in [5.74, 6) is -1.13. The van der Waals surface area contributed by atoms with Crippen LogP contribution in [0.3, 0.4) is 0 Å². The average molecular weight is 353 g/mol. The Bertz CT molecular complexity index is 910. The van der Waals surface area contributed by atoms with Crippen LogP contribution in [0.25, 0.3) is 0 Å². The van der Waals surface area contributed by atoms with Crippen LogP contribution in [0.5, 0.6) is 0 Å². The van der Waals surface area contributed by atoms with Gasteiger partial charge in [-0.05, 0) is 49.4 Å². The second-order valence-corrected chi connectivity index (χ2v) is 5.58. The second-order valence-electron chi connectivity index (χ2n) is 5.58. The van der Waals surface area contributed by atoms with Gasteiger partial charge < -0.3 is 10.6 Å². The zero-order valence-corrected chi connectivity index (χ0v) is 13.9. The zero-order valence-electron chi connectivity index (χ0n) is 13.9. The third-order valence-corrected chi connectivity index (χ3v) is 3.71. The van der Waals surface area contributed by atoms with Gasteiger partial charge in [0, 0.05) is 16.9 Å². The van der Waals surface area contributed by atoms with Crippen LogP contribution in [-0.4, -0.2) is 26.6 Å². The largest absolute Gasteiger partial charge is 0.324 e. The van der Waals surface area contributed by atoms with Crippen LogP contribution < -0.4 is 10.6 Å². The molecule has 1 atom stereocenters. The molecule has 1 unspecified atom stereocenters. The van der Waals surface area contributed by atoms with Crippen molar-refractivity contribution in [3.05, 3.63) is 72.6 Å². The quantitative estimate of drug-likeness (QED) is 0.738. The van der Waals surface area contributed by atoms with E-state index in [1.807, 2.05) is 0 Å². The van der Waals surface area contributed by atoms with Crippen LogP contribution in [0.2, 0.25) is 0 Å². The Kier molecular flexibility index (Phi) is 5.02. The van der Waals surface area contributed by atoms with E-state index >= 15 is 0 Å². The van der Waals surface area contributed by atoms with E-state index in [2.05, 4.69) is 20.7 Å². The van der Waals surface area contributed by atoms with Crippen LogP contribution in [-0.2, 0) is 4.79 Å². The van der Waals surface area contributed by atoms with Crippen molar-refractivity contribution >= 4 is 23.2 Å². The summed E-state index contributed by atoms with van der Waals surface area (Å²) in [4.78, 5) is 28.1. The summed E-state index contributed by atoms with van der Waals surface area (Å²) >= 11 is 0. The molecular formula is C18H16FN5O2. The van der Waals surface area contributed by atoms with E-state index in [1.165, 1.54) is 35.5 Å². The third kappa shape index (κ3) is 4.10. The Morgan fingerprint density at radius 2 is 1.77 bits per heavy atom. The third-order valence-electron chi connectivity index (χ3n) is 3.71. The number of nitrogens with one attached hydrogen (secondary N) is 2. The highest BCUT2D eigenvalue weighted by Gasteiger charge is 2.15. The monoisotopic (exact) mass is 353 g/mol. The van der Waals surface area contributed by atoms with Crippen molar-refractivity contribution in [3.63, 3.8) is 0 Å². The van der Waals surface area contributed by atoms with Gasteiger partial charge in [-0.1, -0.05) is 6.07 Å². The number of carbonyl (C=O) groups is 2. The number of aromatic nitrogens is 3. The molecular weight excluding hydrogens is 337 g/mol. The summed E-state index contributed by atoms with van der Waals surface area (Å²) in [5, 5.41) is 9.36. The number of amides is 2. The van der Waals surface area contributed by atoms with Crippen molar-refractivity contribution in [3.8, 4) is 0 Å². The molecule has 1 aromatic heterocycles. The van der Waals surface area contributed by atoms with E-state index < -0.39 is 17.8 Å². The predicted octanol–water partition coefficient (Wildman–Crippen LogP) is 2.87. The van der Waals surface area contributed by atoms with Gasteiger partial charge in [0.1, 0.15) is 24.5 Å². The molecule has 3 rings (SSSR count). The molecule has 26 heavy (non-hydrogen) atoms. The molecule has 0 radical (unpaired) electrons. The van der Waals surface area contributed by atoms with Crippen molar-refractivity contribution in [1.29, 1.82) is 0 Å². The lowest BCUT2D eigenvalue weighted by molar-refractivity contribution is -0.119. The van der Waals surface area contributed by atoms with Crippen molar-refractivity contribution in [2.75, 3.05) is 10.6 Å². The first-order valence-electron chi connectivity index (χ1n) is 7.85. The van der Waals surface area contributed by atoms with Gasteiger partial charge in [-0.3, -0.25) is 9.59 Å². The smallest absolute Gasteiger partial charge is 0.255 e. The van der Waals surface area contributed by atoms with Crippen molar-refractivity contribution in [2.24, 2.45) is 0 Å². The molecule has 1 heterocycles. The van der Waals surface area contributed by atoms with E-state index in [9.17, 15) is 14.0 Å². The predicted molar refractivity (Wildman–Crippen MR) is 94.2 cm³/mol. The summed E-state index contributed by atoms with van der Waals surface area (Å²) < 4.78 is 14.6. The lowest BCUT2D eigenvalue weighted by atomic mass is 10.2. The molecule has 132 valence electrons. The second kappa shape index (κ2) is 7.56. The van der Waals surface area contributed by atoms with Crippen molar-refractivity contribution in [2.45, 2.75) is 13.0 Å². The minimum Gasteiger partial charge on any atom is -0.324 e. The maximum Gasteiger partial charge on any atom is 0.255 e. The Morgan fingerprint density at radius 1 is 1.08 bits per heavy atom. The van der Waals surface area contributed by atoms with E-state index in [1.54, 1.807) is 31.2 Å². The summed E-state index contributed by atoms with van der Waals surface area (Å²) in [6, 6.07) is 11.5. The van der Waals surface area contributed by atoms with Gasteiger partial charge >= 0.3 is 0 Å². The number of anilines is 2. The first-order chi connectivity index (χ1) is 12.5. The molecule has 7 nitrogen and oxygen atoms in total. The fraction of sp³-hybridized carbons (Fsp3) is 0.111. The molecule has 0 saturated carbocycles. The highest BCUT2D eigenvalue weighted by atomic mass is 19.1. The maximum absolute atomic E-state index is 13.2. The highest BCUT2D eigenvalue weighted by molar-refractivity contribution is 6.04. The van der Waals surface area contributed by atoms with Gasteiger partial charge in [0.2, 0.25) is 5.91 Å². The Labute approximate surface area is 148 Å². The van der Waals surface area contributed by atoms with Gasteiger partial charge in [0.05, 0.1) is 0 Å². The van der Waals surface area contributed by atoms with Crippen LogP contribution >= 0.6 is 0 Å². The fourth-order valence-electron chi connectivity index (χ4n) is 2.25. The van der Waals surface area contributed by atoms with Gasteiger partial charge in [0.15, 0.2) is 0 Å². The highest BCUT2D eigenvalue weighted by Crippen LogP contribution is 2.16. The average Bonchev–Trinajstić information content (AvgIpc) is 3.17. The molecule has 0 fully saturated rings. The maximum atomic E-state index is 13.2. The van der Waals surface area contributed by atoms with Crippen LogP contribution in [0.1, 0.15) is 23.3 Å². The van der Waals surface area contributed by atoms with Gasteiger partial charge in [-0.25, -0.2) is 14.1 Å². The van der Waals surface area contributed by atoms with E-state index in [0.717, 1.165) is 6.07 Å². The summed E-state index contributed by atoms with van der Waals surface area (Å²) in [7, 11) is 0. The van der Waals surface area contributed by atoms with Gasteiger partial charge in [0.25, 0.3) is 5.91 Å².